The molecule has 0 saturated heterocycles. The van der Waals surface area contributed by atoms with Gasteiger partial charge in [0.05, 0.1) is 0 Å². The highest BCUT2D eigenvalue weighted by atomic mass is 32.1. The molecule has 0 spiro atoms. The molecule has 1 aliphatic rings. The summed E-state index contributed by atoms with van der Waals surface area (Å²) in [5.74, 6) is 0.0469. The fourth-order valence-corrected chi connectivity index (χ4v) is 4.18. The topological polar surface area (TPSA) is 40.6 Å². The third-order valence-electron chi connectivity index (χ3n) is 4.68. The SMILES string of the molecule is Cc1cc(C)cc(N(C)C(=O)CCC(=O)N2CCc3sccc3C2)c1. The minimum Gasteiger partial charge on any atom is -0.338 e. The van der Waals surface area contributed by atoms with Gasteiger partial charge in [0.2, 0.25) is 11.8 Å². The van der Waals surface area contributed by atoms with Gasteiger partial charge < -0.3 is 9.80 Å². The van der Waals surface area contributed by atoms with Gasteiger partial charge in [-0.2, -0.15) is 0 Å². The fourth-order valence-electron chi connectivity index (χ4n) is 3.29. The largest absolute Gasteiger partial charge is 0.338 e. The molecular weight excluding hydrogens is 332 g/mol. The van der Waals surface area contributed by atoms with Crippen LogP contribution in [0.15, 0.2) is 29.6 Å². The highest BCUT2D eigenvalue weighted by molar-refractivity contribution is 7.10. The van der Waals surface area contributed by atoms with Crippen LogP contribution in [0.25, 0.3) is 0 Å². The first kappa shape index (κ1) is 17.7. The van der Waals surface area contributed by atoms with Gasteiger partial charge in [-0.1, -0.05) is 6.07 Å². The van der Waals surface area contributed by atoms with Crippen LogP contribution in [-0.4, -0.2) is 30.3 Å². The van der Waals surface area contributed by atoms with Crippen molar-refractivity contribution in [2.75, 3.05) is 18.5 Å². The number of rotatable bonds is 4. The molecule has 25 heavy (non-hydrogen) atoms. The lowest BCUT2D eigenvalue weighted by molar-refractivity contribution is -0.133. The highest BCUT2D eigenvalue weighted by Crippen LogP contribution is 2.24. The van der Waals surface area contributed by atoms with Gasteiger partial charge in [0.1, 0.15) is 0 Å². The molecule has 2 heterocycles. The first-order valence-corrected chi connectivity index (χ1v) is 9.50. The summed E-state index contributed by atoms with van der Waals surface area (Å²) >= 11 is 1.76. The molecule has 0 saturated carbocycles. The number of amides is 2. The Morgan fingerprint density at radius 3 is 2.60 bits per heavy atom. The summed E-state index contributed by atoms with van der Waals surface area (Å²) in [6.45, 7) is 5.48. The van der Waals surface area contributed by atoms with Crippen molar-refractivity contribution in [3.63, 3.8) is 0 Å². The summed E-state index contributed by atoms with van der Waals surface area (Å²) < 4.78 is 0. The van der Waals surface area contributed by atoms with Crippen molar-refractivity contribution in [1.82, 2.24) is 4.90 Å². The van der Waals surface area contributed by atoms with Gasteiger partial charge in [0.15, 0.2) is 0 Å². The van der Waals surface area contributed by atoms with Crippen molar-refractivity contribution < 1.29 is 9.59 Å². The second kappa shape index (κ2) is 7.40. The van der Waals surface area contributed by atoms with Crippen molar-refractivity contribution in [2.24, 2.45) is 0 Å². The number of thiophene rings is 1. The van der Waals surface area contributed by atoms with Crippen LogP contribution in [0, 0.1) is 13.8 Å². The first-order chi connectivity index (χ1) is 11.9. The van der Waals surface area contributed by atoms with Gasteiger partial charge in [0.25, 0.3) is 0 Å². The van der Waals surface area contributed by atoms with E-state index in [9.17, 15) is 9.59 Å². The van der Waals surface area contributed by atoms with Gasteiger partial charge in [0, 0.05) is 43.5 Å². The molecule has 0 radical (unpaired) electrons. The molecule has 132 valence electrons. The molecule has 0 N–H and O–H groups in total. The maximum absolute atomic E-state index is 12.5. The summed E-state index contributed by atoms with van der Waals surface area (Å²) in [6, 6.07) is 8.17. The fraction of sp³-hybridized carbons (Fsp3) is 0.400. The molecule has 1 aromatic carbocycles. The Morgan fingerprint density at radius 2 is 1.88 bits per heavy atom. The summed E-state index contributed by atoms with van der Waals surface area (Å²) in [7, 11) is 1.78. The average Bonchev–Trinajstić information content (AvgIpc) is 3.05. The van der Waals surface area contributed by atoms with Crippen LogP contribution in [-0.2, 0) is 22.6 Å². The molecule has 4 nitrogen and oxygen atoms in total. The van der Waals surface area contributed by atoms with Crippen LogP contribution in [0.5, 0.6) is 0 Å². The first-order valence-electron chi connectivity index (χ1n) is 8.62. The molecular formula is C20H24N2O2S. The smallest absolute Gasteiger partial charge is 0.227 e. The Kier molecular flexibility index (Phi) is 5.23. The molecule has 0 unspecified atom stereocenters. The highest BCUT2D eigenvalue weighted by Gasteiger charge is 2.22. The van der Waals surface area contributed by atoms with Gasteiger partial charge in [-0.15, -0.1) is 11.3 Å². The van der Waals surface area contributed by atoms with E-state index in [0.29, 0.717) is 6.54 Å². The predicted molar refractivity (Wildman–Crippen MR) is 102 cm³/mol. The summed E-state index contributed by atoms with van der Waals surface area (Å²) in [5.41, 5.74) is 4.40. The summed E-state index contributed by atoms with van der Waals surface area (Å²) in [4.78, 5) is 29.8. The molecule has 3 rings (SSSR count). The van der Waals surface area contributed by atoms with Gasteiger partial charge in [-0.05, 0) is 60.5 Å². The predicted octanol–water partition coefficient (Wildman–Crippen LogP) is 3.69. The van der Waals surface area contributed by atoms with Crippen LogP contribution >= 0.6 is 11.3 Å². The number of hydrogen-bond acceptors (Lipinski definition) is 3. The minimum absolute atomic E-state index is 0.0217. The Morgan fingerprint density at radius 1 is 1.16 bits per heavy atom. The second-order valence-corrected chi connectivity index (χ2v) is 7.73. The summed E-state index contributed by atoms with van der Waals surface area (Å²) in [6.07, 6.45) is 1.44. The van der Waals surface area contributed by atoms with E-state index in [1.165, 1.54) is 10.4 Å². The molecule has 2 amide bonds. The molecule has 1 aliphatic heterocycles. The molecule has 2 aromatic rings. The monoisotopic (exact) mass is 356 g/mol. The van der Waals surface area contributed by atoms with E-state index in [4.69, 9.17) is 0 Å². The van der Waals surface area contributed by atoms with Crippen LogP contribution in [0.4, 0.5) is 5.69 Å². The molecule has 1 aromatic heterocycles. The van der Waals surface area contributed by atoms with Crippen molar-refractivity contribution in [2.45, 2.75) is 39.7 Å². The number of nitrogens with zero attached hydrogens (tertiary/aromatic N) is 2. The average molecular weight is 356 g/mol. The number of anilines is 1. The van der Waals surface area contributed by atoms with Crippen LogP contribution in [0.2, 0.25) is 0 Å². The Bertz CT molecular complexity index is 776. The third-order valence-corrected chi connectivity index (χ3v) is 5.70. The van der Waals surface area contributed by atoms with Crippen molar-refractivity contribution in [1.29, 1.82) is 0 Å². The quantitative estimate of drug-likeness (QED) is 0.838. The Balaban J connectivity index is 1.56. The molecule has 0 bridgehead atoms. The number of aryl methyl sites for hydroxylation is 2. The maximum atomic E-state index is 12.5. The van der Waals surface area contributed by atoms with Gasteiger partial charge in [-0.3, -0.25) is 9.59 Å². The normalized spacial score (nSPS) is 13.5. The molecule has 0 aliphatic carbocycles. The van der Waals surface area contributed by atoms with E-state index in [2.05, 4.69) is 17.5 Å². The number of fused-ring (bicyclic) bond motifs is 1. The zero-order chi connectivity index (χ0) is 18.0. The lowest BCUT2D eigenvalue weighted by atomic mass is 10.1. The van der Waals surface area contributed by atoms with E-state index in [0.717, 1.165) is 29.8 Å². The van der Waals surface area contributed by atoms with Crippen molar-refractivity contribution in [3.8, 4) is 0 Å². The number of benzene rings is 1. The minimum atomic E-state index is -0.0217. The number of hydrogen-bond donors (Lipinski definition) is 0. The standard InChI is InChI=1S/C20H24N2O2S/c1-14-10-15(2)12-17(11-14)21(3)19(23)4-5-20(24)22-8-6-18-16(13-22)7-9-25-18/h7,9-12H,4-6,8,13H2,1-3H3. The van der Waals surface area contributed by atoms with Crippen molar-refractivity contribution >= 4 is 28.8 Å². The lowest BCUT2D eigenvalue weighted by Crippen LogP contribution is -2.36. The van der Waals surface area contributed by atoms with Crippen LogP contribution in [0.3, 0.4) is 0 Å². The van der Waals surface area contributed by atoms with Crippen molar-refractivity contribution in [3.05, 3.63) is 51.2 Å². The summed E-state index contributed by atoms with van der Waals surface area (Å²) in [5, 5.41) is 2.08. The Hall–Kier alpha value is -2.14. The zero-order valence-electron chi connectivity index (χ0n) is 15.0. The molecule has 0 fully saturated rings. The van der Waals surface area contributed by atoms with E-state index in [1.807, 2.05) is 30.9 Å². The zero-order valence-corrected chi connectivity index (χ0v) is 15.9. The number of carbonyl (C=O) groups excluding carboxylic acids is 2. The van der Waals surface area contributed by atoms with E-state index in [-0.39, 0.29) is 24.7 Å². The molecule has 5 heteroatoms. The Labute approximate surface area is 153 Å². The van der Waals surface area contributed by atoms with E-state index >= 15 is 0 Å². The van der Waals surface area contributed by atoms with E-state index < -0.39 is 0 Å². The third kappa shape index (κ3) is 4.10. The number of carbonyl (C=O) groups is 2. The lowest BCUT2D eigenvalue weighted by Gasteiger charge is -2.27. The van der Waals surface area contributed by atoms with Gasteiger partial charge >= 0.3 is 0 Å². The maximum Gasteiger partial charge on any atom is 0.227 e. The van der Waals surface area contributed by atoms with Crippen LogP contribution in [0.1, 0.15) is 34.4 Å². The molecule has 0 atom stereocenters. The second-order valence-electron chi connectivity index (χ2n) is 6.73. The van der Waals surface area contributed by atoms with Crippen LogP contribution < -0.4 is 4.90 Å². The van der Waals surface area contributed by atoms with E-state index in [1.54, 1.807) is 23.3 Å². The van der Waals surface area contributed by atoms with Gasteiger partial charge in [-0.25, -0.2) is 0 Å².